The molecule has 5 nitrogen and oxygen atoms in total. The van der Waals surface area contributed by atoms with Gasteiger partial charge in [-0.25, -0.2) is 0 Å². The summed E-state index contributed by atoms with van der Waals surface area (Å²) in [7, 11) is 1.94. The first kappa shape index (κ1) is 17.3. The number of hydrogen-bond acceptors (Lipinski definition) is 4. The number of nitrogens with zero attached hydrogens (tertiary/aromatic N) is 1. The van der Waals surface area contributed by atoms with Gasteiger partial charge in [0.25, 0.3) is 5.91 Å². The zero-order chi connectivity index (χ0) is 17.8. The van der Waals surface area contributed by atoms with Crippen LogP contribution in [0.25, 0.3) is 0 Å². The molecule has 1 fully saturated rings. The highest BCUT2D eigenvalue weighted by Gasteiger charge is 2.25. The van der Waals surface area contributed by atoms with Crippen molar-refractivity contribution in [3.8, 4) is 11.5 Å². The second kappa shape index (κ2) is 7.57. The van der Waals surface area contributed by atoms with Crippen LogP contribution in [0, 0.1) is 0 Å². The summed E-state index contributed by atoms with van der Waals surface area (Å²) >= 11 is 0. The Balaban J connectivity index is 1.64. The Kier molecular flexibility index (Phi) is 5.24. The normalized spacial score (nSPS) is 15.3. The highest BCUT2D eigenvalue weighted by molar-refractivity contribution is 5.95. The van der Waals surface area contributed by atoms with Crippen LogP contribution in [0.1, 0.15) is 40.2 Å². The average molecular weight is 340 g/mol. The summed E-state index contributed by atoms with van der Waals surface area (Å²) in [5.74, 6) is -0.106. The average Bonchev–Trinajstić information content (AvgIpc) is 2.64. The minimum Gasteiger partial charge on any atom is -0.504 e. The van der Waals surface area contributed by atoms with Crippen molar-refractivity contribution in [2.24, 2.45) is 0 Å². The minimum atomic E-state index is -0.262. The second-order valence-electron chi connectivity index (χ2n) is 6.55. The topological polar surface area (TPSA) is 72.8 Å². The third-order valence-electron chi connectivity index (χ3n) is 4.81. The molecule has 0 atom stereocenters. The summed E-state index contributed by atoms with van der Waals surface area (Å²) in [6, 6.07) is 12.9. The van der Waals surface area contributed by atoms with Gasteiger partial charge in [0.15, 0.2) is 11.5 Å². The van der Waals surface area contributed by atoms with Gasteiger partial charge in [-0.3, -0.25) is 4.79 Å². The number of phenolic OH excluding ortho intramolecular Hbond substituents is 2. The molecule has 132 valence electrons. The first-order valence-electron chi connectivity index (χ1n) is 8.63. The van der Waals surface area contributed by atoms with Crippen LogP contribution in [-0.4, -0.2) is 41.2 Å². The highest BCUT2D eigenvalue weighted by Crippen LogP contribution is 2.30. The van der Waals surface area contributed by atoms with Gasteiger partial charge in [-0.15, -0.1) is 0 Å². The molecule has 2 aromatic rings. The van der Waals surface area contributed by atoms with E-state index in [2.05, 4.69) is 29.6 Å². The third-order valence-corrected chi connectivity index (χ3v) is 4.81. The van der Waals surface area contributed by atoms with Gasteiger partial charge in [0.1, 0.15) is 0 Å². The summed E-state index contributed by atoms with van der Waals surface area (Å²) in [6.07, 6.45) is 1.86. The van der Waals surface area contributed by atoms with Gasteiger partial charge >= 0.3 is 0 Å². The van der Waals surface area contributed by atoms with E-state index < -0.39 is 0 Å². The Bertz CT molecular complexity index is 752. The van der Waals surface area contributed by atoms with E-state index in [1.165, 1.54) is 23.3 Å². The number of amides is 1. The summed E-state index contributed by atoms with van der Waals surface area (Å²) in [4.78, 5) is 14.4. The van der Waals surface area contributed by atoms with Gasteiger partial charge in [0, 0.05) is 25.2 Å². The lowest BCUT2D eigenvalue weighted by atomic mass is 9.88. The van der Waals surface area contributed by atoms with Crippen LogP contribution in [0.5, 0.6) is 11.5 Å². The molecule has 0 aromatic heterocycles. The Morgan fingerprint density at radius 2 is 1.88 bits per heavy atom. The van der Waals surface area contributed by atoms with Crippen LogP contribution < -0.4 is 5.32 Å². The van der Waals surface area contributed by atoms with Crippen molar-refractivity contribution >= 4 is 5.91 Å². The number of likely N-dealkylation sites (tertiary alicyclic amines) is 1. The number of rotatable bonds is 4. The summed E-state index contributed by atoms with van der Waals surface area (Å²) in [5.41, 5.74) is 3.02. The number of phenols is 2. The van der Waals surface area contributed by atoms with Gasteiger partial charge in [0.05, 0.1) is 0 Å². The summed E-state index contributed by atoms with van der Waals surface area (Å²) in [5, 5.41) is 22.1. The molecule has 3 N–H and O–H groups in total. The van der Waals surface area contributed by atoms with Crippen LogP contribution in [0.2, 0.25) is 0 Å². The summed E-state index contributed by atoms with van der Waals surface area (Å²) < 4.78 is 0. The number of hydrogen-bond donors (Lipinski definition) is 3. The molecule has 1 aliphatic heterocycles. The van der Waals surface area contributed by atoms with E-state index in [1.54, 1.807) is 6.07 Å². The van der Waals surface area contributed by atoms with E-state index in [1.807, 2.05) is 11.9 Å². The zero-order valence-electron chi connectivity index (χ0n) is 14.4. The molecular weight excluding hydrogens is 316 g/mol. The van der Waals surface area contributed by atoms with Crippen molar-refractivity contribution in [2.75, 3.05) is 20.1 Å². The zero-order valence-corrected chi connectivity index (χ0v) is 14.4. The maximum atomic E-state index is 12.6. The monoisotopic (exact) mass is 340 g/mol. The lowest BCUT2D eigenvalue weighted by molar-refractivity contribution is 0.0712. The standard InChI is InChI=1S/C20H24N2O3/c1-21-13-14-3-2-4-16(11-14)15-7-9-22(10-8-15)20(25)17-5-6-18(23)19(24)12-17/h2-6,11-12,15,21,23-24H,7-10,13H2,1H3. The molecule has 0 unspecified atom stereocenters. The van der Waals surface area contributed by atoms with E-state index in [4.69, 9.17) is 0 Å². The van der Waals surface area contributed by atoms with Crippen molar-refractivity contribution in [3.63, 3.8) is 0 Å². The van der Waals surface area contributed by atoms with Crippen LogP contribution in [0.3, 0.4) is 0 Å². The predicted molar refractivity (Wildman–Crippen MR) is 96.9 cm³/mol. The minimum absolute atomic E-state index is 0.0994. The van der Waals surface area contributed by atoms with E-state index >= 15 is 0 Å². The Morgan fingerprint density at radius 3 is 2.56 bits per heavy atom. The van der Waals surface area contributed by atoms with Crippen LogP contribution in [0.15, 0.2) is 42.5 Å². The van der Waals surface area contributed by atoms with Crippen LogP contribution in [0.4, 0.5) is 0 Å². The first-order valence-corrected chi connectivity index (χ1v) is 8.63. The van der Waals surface area contributed by atoms with E-state index in [9.17, 15) is 15.0 Å². The Labute approximate surface area is 147 Å². The number of benzene rings is 2. The molecule has 1 saturated heterocycles. The quantitative estimate of drug-likeness (QED) is 0.749. The fraction of sp³-hybridized carbons (Fsp3) is 0.350. The SMILES string of the molecule is CNCc1cccc(C2CCN(C(=O)c3ccc(O)c(O)c3)CC2)c1. The van der Waals surface area contributed by atoms with Gasteiger partial charge in [-0.05, 0) is 55.1 Å². The van der Waals surface area contributed by atoms with Crippen molar-refractivity contribution in [3.05, 3.63) is 59.2 Å². The maximum Gasteiger partial charge on any atom is 0.253 e. The number of carbonyl (C=O) groups excluding carboxylic acids is 1. The van der Waals surface area contributed by atoms with E-state index in [0.717, 1.165) is 19.4 Å². The van der Waals surface area contributed by atoms with Gasteiger partial charge in [-0.2, -0.15) is 0 Å². The number of aromatic hydroxyl groups is 2. The lowest BCUT2D eigenvalue weighted by Gasteiger charge is -2.32. The first-order chi connectivity index (χ1) is 12.1. The largest absolute Gasteiger partial charge is 0.504 e. The van der Waals surface area contributed by atoms with Gasteiger partial charge < -0.3 is 20.4 Å². The third kappa shape index (κ3) is 3.94. The molecule has 3 rings (SSSR count). The predicted octanol–water partition coefficient (Wildman–Crippen LogP) is 2.84. The van der Waals surface area contributed by atoms with Crippen molar-refractivity contribution < 1.29 is 15.0 Å². The number of piperidine rings is 1. The number of nitrogens with one attached hydrogen (secondary N) is 1. The van der Waals surface area contributed by atoms with Crippen LogP contribution in [-0.2, 0) is 6.54 Å². The molecule has 0 spiro atoms. The fourth-order valence-electron chi connectivity index (χ4n) is 3.42. The molecule has 5 heteroatoms. The molecule has 0 saturated carbocycles. The van der Waals surface area contributed by atoms with Crippen LogP contribution >= 0.6 is 0 Å². The Hall–Kier alpha value is -2.53. The fourth-order valence-corrected chi connectivity index (χ4v) is 3.42. The van der Waals surface area contributed by atoms with E-state index in [0.29, 0.717) is 24.6 Å². The molecular formula is C20H24N2O3. The van der Waals surface area contributed by atoms with Crippen molar-refractivity contribution in [1.29, 1.82) is 0 Å². The Morgan fingerprint density at radius 1 is 1.12 bits per heavy atom. The van der Waals surface area contributed by atoms with Gasteiger partial charge in [0.2, 0.25) is 0 Å². The van der Waals surface area contributed by atoms with Gasteiger partial charge in [-0.1, -0.05) is 24.3 Å². The smallest absolute Gasteiger partial charge is 0.253 e. The molecule has 0 bridgehead atoms. The molecule has 1 aliphatic rings. The summed E-state index contributed by atoms with van der Waals surface area (Å²) in [6.45, 7) is 2.25. The molecule has 1 amide bonds. The molecule has 2 aromatic carbocycles. The lowest BCUT2D eigenvalue weighted by Crippen LogP contribution is -2.37. The highest BCUT2D eigenvalue weighted by atomic mass is 16.3. The van der Waals surface area contributed by atoms with Crippen molar-refractivity contribution in [2.45, 2.75) is 25.3 Å². The van der Waals surface area contributed by atoms with Crippen molar-refractivity contribution in [1.82, 2.24) is 10.2 Å². The molecule has 0 radical (unpaired) electrons. The molecule has 25 heavy (non-hydrogen) atoms. The van der Waals surface area contributed by atoms with E-state index in [-0.39, 0.29) is 17.4 Å². The maximum absolute atomic E-state index is 12.6. The molecule has 0 aliphatic carbocycles. The number of carbonyl (C=O) groups is 1. The molecule has 1 heterocycles. The second-order valence-corrected chi connectivity index (χ2v) is 6.55.